The average molecular weight is 267 g/mol. The maximum absolute atomic E-state index is 14.1. The molecule has 1 aliphatic rings. The average Bonchev–Trinajstić information content (AvgIpc) is 2.27. The molecule has 0 heterocycles. The largest absolute Gasteiger partial charge is 0.321 e. The van der Waals surface area contributed by atoms with Crippen molar-refractivity contribution in [1.29, 1.82) is 0 Å². The Morgan fingerprint density at radius 2 is 1.89 bits per heavy atom. The zero-order valence-corrected chi connectivity index (χ0v) is 12.0. The van der Waals surface area contributed by atoms with Crippen molar-refractivity contribution in [2.45, 2.75) is 52.0 Å². The van der Waals surface area contributed by atoms with E-state index < -0.39 is 17.2 Å². The Kier molecular flexibility index (Phi) is 3.69. The molecule has 19 heavy (non-hydrogen) atoms. The lowest BCUT2D eigenvalue weighted by atomic mass is 9.60. The minimum absolute atomic E-state index is 0.00992. The molecule has 1 nitrogen and oxygen atoms in total. The second-order valence-corrected chi connectivity index (χ2v) is 6.83. The van der Waals surface area contributed by atoms with E-state index >= 15 is 0 Å². The first-order valence-electron chi connectivity index (χ1n) is 6.99. The third-order valence-electron chi connectivity index (χ3n) is 4.43. The van der Waals surface area contributed by atoms with Gasteiger partial charge in [0.25, 0.3) is 0 Å². The molecule has 1 fully saturated rings. The summed E-state index contributed by atoms with van der Waals surface area (Å²) in [6.45, 7) is 6.43. The van der Waals surface area contributed by atoms with Crippen molar-refractivity contribution >= 4 is 0 Å². The standard InChI is InChI=1S/C16H23F2N/c1-15(2,3)14-6-4-5-9-16(14,19)12-8-7-11(17)10-13(12)18/h7-8,10,14H,4-6,9,19H2,1-3H3. The van der Waals surface area contributed by atoms with Crippen LogP contribution in [0, 0.1) is 23.0 Å². The quantitative estimate of drug-likeness (QED) is 0.804. The van der Waals surface area contributed by atoms with Crippen LogP contribution in [0.25, 0.3) is 0 Å². The van der Waals surface area contributed by atoms with Gasteiger partial charge in [-0.1, -0.05) is 39.7 Å². The Bertz CT molecular complexity index is 464. The van der Waals surface area contributed by atoms with Gasteiger partial charge in [-0.15, -0.1) is 0 Å². The fraction of sp³-hybridized carbons (Fsp3) is 0.625. The second-order valence-electron chi connectivity index (χ2n) is 6.83. The van der Waals surface area contributed by atoms with E-state index in [-0.39, 0.29) is 11.3 Å². The van der Waals surface area contributed by atoms with Gasteiger partial charge in [-0.2, -0.15) is 0 Å². The topological polar surface area (TPSA) is 26.0 Å². The summed E-state index contributed by atoms with van der Waals surface area (Å²) in [6, 6.07) is 3.77. The van der Waals surface area contributed by atoms with E-state index in [0.717, 1.165) is 31.7 Å². The third kappa shape index (κ3) is 2.66. The predicted molar refractivity (Wildman–Crippen MR) is 73.6 cm³/mol. The number of rotatable bonds is 1. The molecule has 0 aliphatic heterocycles. The normalized spacial score (nSPS) is 28.4. The van der Waals surface area contributed by atoms with Crippen LogP contribution in [0.5, 0.6) is 0 Å². The van der Waals surface area contributed by atoms with Crippen LogP contribution in [-0.2, 0) is 5.54 Å². The highest BCUT2D eigenvalue weighted by molar-refractivity contribution is 5.29. The summed E-state index contributed by atoms with van der Waals surface area (Å²) in [6.07, 6.45) is 3.89. The van der Waals surface area contributed by atoms with Crippen LogP contribution in [0.15, 0.2) is 18.2 Å². The highest BCUT2D eigenvalue weighted by Gasteiger charge is 2.45. The summed E-state index contributed by atoms with van der Waals surface area (Å²) in [5.74, 6) is -0.861. The highest BCUT2D eigenvalue weighted by Crippen LogP contribution is 2.48. The maximum Gasteiger partial charge on any atom is 0.131 e. The predicted octanol–water partition coefficient (Wildman–Crippen LogP) is 4.36. The van der Waals surface area contributed by atoms with Crippen molar-refractivity contribution in [3.8, 4) is 0 Å². The van der Waals surface area contributed by atoms with Gasteiger partial charge >= 0.3 is 0 Å². The SMILES string of the molecule is CC(C)(C)C1CCCCC1(N)c1ccc(F)cc1F. The molecule has 2 N–H and O–H groups in total. The molecule has 3 heteroatoms. The first-order chi connectivity index (χ1) is 8.75. The lowest BCUT2D eigenvalue weighted by molar-refractivity contribution is 0.0752. The summed E-state index contributed by atoms with van der Waals surface area (Å²) in [5.41, 5.74) is 6.39. The van der Waals surface area contributed by atoms with Gasteiger partial charge in [0.15, 0.2) is 0 Å². The Balaban J connectivity index is 2.48. The van der Waals surface area contributed by atoms with Gasteiger partial charge < -0.3 is 5.73 Å². The van der Waals surface area contributed by atoms with Gasteiger partial charge in [-0.25, -0.2) is 8.78 Å². The number of halogens is 2. The number of nitrogens with two attached hydrogens (primary N) is 1. The fourth-order valence-corrected chi connectivity index (χ4v) is 3.59. The van der Waals surface area contributed by atoms with Gasteiger partial charge in [0.2, 0.25) is 0 Å². The van der Waals surface area contributed by atoms with Gasteiger partial charge in [0.1, 0.15) is 11.6 Å². The molecule has 0 bridgehead atoms. The zero-order chi connectivity index (χ0) is 14.3. The zero-order valence-electron chi connectivity index (χ0n) is 12.0. The monoisotopic (exact) mass is 267 g/mol. The molecule has 2 atom stereocenters. The van der Waals surface area contributed by atoms with E-state index in [2.05, 4.69) is 20.8 Å². The van der Waals surface area contributed by atoms with Gasteiger partial charge in [-0.05, 0) is 30.2 Å². The second kappa shape index (κ2) is 4.86. The lowest BCUT2D eigenvalue weighted by Gasteiger charge is -2.48. The molecule has 1 saturated carbocycles. The summed E-state index contributed by atoms with van der Waals surface area (Å²) < 4.78 is 27.2. The summed E-state index contributed by atoms with van der Waals surface area (Å²) in [7, 11) is 0. The molecule has 106 valence electrons. The van der Waals surface area contributed by atoms with Crippen molar-refractivity contribution in [2.24, 2.45) is 17.1 Å². The Labute approximate surface area is 114 Å². The number of benzene rings is 1. The molecular weight excluding hydrogens is 244 g/mol. The first-order valence-corrected chi connectivity index (χ1v) is 6.99. The maximum atomic E-state index is 14.1. The van der Waals surface area contributed by atoms with Crippen LogP contribution in [0.1, 0.15) is 52.0 Å². The van der Waals surface area contributed by atoms with E-state index in [9.17, 15) is 8.78 Å². The van der Waals surface area contributed by atoms with Crippen LogP contribution in [0.3, 0.4) is 0 Å². The Morgan fingerprint density at radius 1 is 1.21 bits per heavy atom. The Hall–Kier alpha value is -0.960. The molecule has 1 aliphatic carbocycles. The summed E-state index contributed by atoms with van der Waals surface area (Å²) in [5, 5.41) is 0. The van der Waals surface area contributed by atoms with E-state index in [4.69, 9.17) is 5.73 Å². The minimum atomic E-state index is -0.686. The molecule has 0 radical (unpaired) electrons. The molecule has 0 saturated heterocycles. The van der Waals surface area contributed by atoms with E-state index in [1.54, 1.807) is 0 Å². The van der Waals surface area contributed by atoms with Gasteiger partial charge in [0, 0.05) is 17.2 Å². The van der Waals surface area contributed by atoms with Crippen molar-refractivity contribution < 1.29 is 8.78 Å². The van der Waals surface area contributed by atoms with Crippen LogP contribution >= 0.6 is 0 Å². The third-order valence-corrected chi connectivity index (χ3v) is 4.43. The highest BCUT2D eigenvalue weighted by atomic mass is 19.1. The van der Waals surface area contributed by atoms with E-state index in [1.807, 2.05) is 0 Å². The van der Waals surface area contributed by atoms with Crippen molar-refractivity contribution in [3.63, 3.8) is 0 Å². The van der Waals surface area contributed by atoms with Crippen LogP contribution < -0.4 is 5.73 Å². The first kappa shape index (κ1) is 14.4. The van der Waals surface area contributed by atoms with Gasteiger partial charge in [0.05, 0.1) is 0 Å². The molecule has 0 aromatic heterocycles. The molecule has 0 amide bonds. The number of hydrogen-bond donors (Lipinski definition) is 1. The summed E-state index contributed by atoms with van der Waals surface area (Å²) >= 11 is 0. The lowest BCUT2D eigenvalue weighted by Crippen LogP contribution is -2.51. The van der Waals surface area contributed by atoms with Crippen LogP contribution in [0.2, 0.25) is 0 Å². The molecule has 2 unspecified atom stereocenters. The molecule has 0 spiro atoms. The molecule has 1 aromatic carbocycles. The molecular formula is C16H23F2N. The number of hydrogen-bond acceptors (Lipinski definition) is 1. The smallest absolute Gasteiger partial charge is 0.131 e. The fourth-order valence-electron chi connectivity index (χ4n) is 3.59. The minimum Gasteiger partial charge on any atom is -0.321 e. The molecule has 1 aromatic rings. The van der Waals surface area contributed by atoms with Crippen LogP contribution in [0.4, 0.5) is 8.78 Å². The van der Waals surface area contributed by atoms with Crippen LogP contribution in [-0.4, -0.2) is 0 Å². The van der Waals surface area contributed by atoms with Gasteiger partial charge in [-0.3, -0.25) is 0 Å². The Morgan fingerprint density at radius 3 is 2.47 bits per heavy atom. The molecule has 2 rings (SSSR count). The van der Waals surface area contributed by atoms with E-state index in [0.29, 0.717) is 5.56 Å². The van der Waals surface area contributed by atoms with Crippen molar-refractivity contribution in [2.75, 3.05) is 0 Å². The van der Waals surface area contributed by atoms with Crippen molar-refractivity contribution in [1.82, 2.24) is 0 Å². The summed E-state index contributed by atoms with van der Waals surface area (Å²) in [4.78, 5) is 0. The van der Waals surface area contributed by atoms with Crippen molar-refractivity contribution in [3.05, 3.63) is 35.4 Å². The van der Waals surface area contributed by atoms with E-state index in [1.165, 1.54) is 12.1 Å².